The number of fused-ring (bicyclic) bond motifs is 1. The van der Waals surface area contributed by atoms with Gasteiger partial charge >= 0.3 is 6.09 Å². The van der Waals surface area contributed by atoms with Crippen molar-refractivity contribution in [2.45, 2.75) is 31.1 Å². The second-order valence-corrected chi connectivity index (χ2v) is 8.81. The fourth-order valence-electron chi connectivity index (χ4n) is 4.63. The molecule has 0 spiro atoms. The summed E-state index contributed by atoms with van der Waals surface area (Å²) < 4.78 is 11.4. The predicted molar refractivity (Wildman–Crippen MR) is 115 cm³/mol. The van der Waals surface area contributed by atoms with Crippen LogP contribution in [0, 0.1) is 0 Å². The minimum atomic E-state index is -0.328. The van der Waals surface area contributed by atoms with Crippen LogP contribution in [0.3, 0.4) is 0 Å². The smallest absolute Gasteiger partial charge is 0.414 e. The Kier molecular flexibility index (Phi) is 5.27. The first-order valence-electron chi connectivity index (χ1n) is 10.1. The summed E-state index contributed by atoms with van der Waals surface area (Å²) in [5.41, 5.74) is 2.82. The lowest BCUT2D eigenvalue weighted by molar-refractivity contribution is 0.0818. The van der Waals surface area contributed by atoms with E-state index in [9.17, 15) is 9.90 Å². The molecule has 2 aliphatic heterocycles. The maximum atomic E-state index is 11.8. The van der Waals surface area contributed by atoms with Crippen LogP contribution in [0.1, 0.15) is 23.7 Å². The molecule has 6 nitrogen and oxygen atoms in total. The Morgan fingerprint density at radius 2 is 1.93 bits per heavy atom. The number of halogens is 2. The number of hydrogen-bond donors (Lipinski definition) is 1. The molecular weight excluding hydrogens is 427 g/mol. The SMILES string of the molecule is O=C1OCCN1c1ccc(O[C@H]2c3cc(Cl)cc(Cl)c3C[C@@H]2N2CC[C@@H](O)C2)cc1. The van der Waals surface area contributed by atoms with Gasteiger partial charge in [0.2, 0.25) is 0 Å². The highest BCUT2D eigenvalue weighted by molar-refractivity contribution is 6.35. The molecule has 0 bridgehead atoms. The van der Waals surface area contributed by atoms with Crippen LogP contribution in [-0.4, -0.2) is 54.5 Å². The lowest BCUT2D eigenvalue weighted by Crippen LogP contribution is -2.39. The summed E-state index contributed by atoms with van der Waals surface area (Å²) in [5, 5.41) is 11.3. The number of aliphatic hydroxyl groups excluding tert-OH is 1. The molecule has 30 heavy (non-hydrogen) atoms. The zero-order valence-corrected chi connectivity index (χ0v) is 17.8. The fourth-order valence-corrected chi connectivity index (χ4v) is 5.21. The molecule has 2 aromatic rings. The molecule has 0 unspecified atom stereocenters. The molecule has 2 saturated heterocycles. The summed E-state index contributed by atoms with van der Waals surface area (Å²) in [6, 6.07) is 11.2. The third-order valence-corrected chi connectivity index (χ3v) is 6.66. The third-order valence-electron chi connectivity index (χ3n) is 6.10. The van der Waals surface area contributed by atoms with Crippen LogP contribution in [-0.2, 0) is 11.2 Å². The molecule has 8 heteroatoms. The highest BCUT2D eigenvalue weighted by Gasteiger charge is 2.41. The van der Waals surface area contributed by atoms with E-state index in [-0.39, 0.29) is 24.3 Å². The summed E-state index contributed by atoms with van der Waals surface area (Å²) in [7, 11) is 0. The van der Waals surface area contributed by atoms with E-state index in [0.717, 1.165) is 36.2 Å². The van der Waals surface area contributed by atoms with Crippen molar-refractivity contribution in [1.82, 2.24) is 4.90 Å². The van der Waals surface area contributed by atoms with Gasteiger partial charge in [-0.2, -0.15) is 0 Å². The van der Waals surface area contributed by atoms with Crippen LogP contribution in [0.25, 0.3) is 0 Å². The van der Waals surface area contributed by atoms with Crippen molar-refractivity contribution in [1.29, 1.82) is 0 Å². The number of carbonyl (C=O) groups excluding carboxylic acids is 1. The van der Waals surface area contributed by atoms with Crippen LogP contribution in [0.5, 0.6) is 5.75 Å². The highest BCUT2D eigenvalue weighted by atomic mass is 35.5. The Bertz CT molecular complexity index is 968. The van der Waals surface area contributed by atoms with Crippen molar-refractivity contribution in [3.63, 3.8) is 0 Å². The second kappa shape index (κ2) is 7.93. The summed E-state index contributed by atoms with van der Waals surface area (Å²) in [4.78, 5) is 15.6. The molecule has 0 saturated carbocycles. The highest BCUT2D eigenvalue weighted by Crippen LogP contribution is 2.43. The first-order chi connectivity index (χ1) is 14.5. The minimum absolute atomic E-state index is 0.0707. The number of benzene rings is 2. The number of amides is 1. The average Bonchev–Trinajstić information content (AvgIpc) is 3.42. The lowest BCUT2D eigenvalue weighted by Gasteiger charge is -2.30. The number of rotatable bonds is 4. The van der Waals surface area contributed by atoms with E-state index in [4.69, 9.17) is 32.7 Å². The molecule has 2 heterocycles. The Hall–Kier alpha value is -1.99. The van der Waals surface area contributed by atoms with Gasteiger partial charge in [0.25, 0.3) is 0 Å². The zero-order valence-electron chi connectivity index (χ0n) is 16.3. The van der Waals surface area contributed by atoms with E-state index >= 15 is 0 Å². The van der Waals surface area contributed by atoms with Gasteiger partial charge in [0.05, 0.1) is 18.7 Å². The lowest BCUT2D eigenvalue weighted by atomic mass is 10.1. The number of cyclic esters (lactones) is 1. The van der Waals surface area contributed by atoms with Crippen molar-refractivity contribution in [3.05, 3.63) is 57.6 Å². The monoisotopic (exact) mass is 448 g/mol. The van der Waals surface area contributed by atoms with E-state index < -0.39 is 0 Å². The van der Waals surface area contributed by atoms with Gasteiger partial charge in [0.1, 0.15) is 18.5 Å². The summed E-state index contributed by atoms with van der Waals surface area (Å²) >= 11 is 12.8. The second-order valence-electron chi connectivity index (χ2n) is 7.96. The Balaban J connectivity index is 1.42. The number of nitrogens with zero attached hydrogens (tertiary/aromatic N) is 2. The quantitative estimate of drug-likeness (QED) is 0.763. The van der Waals surface area contributed by atoms with E-state index in [2.05, 4.69) is 4.90 Å². The van der Waals surface area contributed by atoms with Gasteiger partial charge in [-0.15, -0.1) is 0 Å². The van der Waals surface area contributed by atoms with Crippen molar-refractivity contribution in [2.75, 3.05) is 31.1 Å². The van der Waals surface area contributed by atoms with Crippen LogP contribution in [0.15, 0.2) is 36.4 Å². The van der Waals surface area contributed by atoms with E-state index in [1.165, 1.54) is 0 Å². The molecule has 1 N–H and O–H groups in total. The first kappa shape index (κ1) is 19.9. The molecule has 158 valence electrons. The Labute approximate surface area is 184 Å². The first-order valence-corrected chi connectivity index (χ1v) is 10.9. The van der Waals surface area contributed by atoms with E-state index in [0.29, 0.717) is 35.5 Å². The minimum Gasteiger partial charge on any atom is -0.484 e. The normalized spacial score (nSPS) is 26.2. The van der Waals surface area contributed by atoms with Gasteiger partial charge in [-0.05, 0) is 54.8 Å². The number of hydrogen-bond acceptors (Lipinski definition) is 5. The van der Waals surface area contributed by atoms with Gasteiger partial charge in [-0.1, -0.05) is 23.2 Å². The maximum absolute atomic E-state index is 11.8. The Morgan fingerprint density at radius 1 is 1.13 bits per heavy atom. The van der Waals surface area contributed by atoms with Gasteiger partial charge < -0.3 is 14.6 Å². The van der Waals surface area contributed by atoms with Crippen LogP contribution >= 0.6 is 23.2 Å². The molecule has 2 fully saturated rings. The number of ether oxygens (including phenoxy) is 2. The number of anilines is 1. The molecule has 1 aliphatic carbocycles. The van der Waals surface area contributed by atoms with Crippen molar-refractivity contribution >= 4 is 35.0 Å². The zero-order chi connectivity index (χ0) is 20.8. The third kappa shape index (κ3) is 3.62. The summed E-state index contributed by atoms with van der Waals surface area (Å²) in [5.74, 6) is 0.699. The van der Waals surface area contributed by atoms with Crippen LogP contribution in [0.2, 0.25) is 10.0 Å². The molecule has 5 rings (SSSR count). The molecule has 0 radical (unpaired) electrons. The largest absolute Gasteiger partial charge is 0.484 e. The standard InChI is InChI=1S/C22H22Cl2N2O4/c23-13-9-18-17(19(24)10-13)11-20(25-6-5-15(27)12-25)21(18)30-16-3-1-14(2-4-16)26-7-8-29-22(26)28/h1-4,9-10,15,20-21,27H,5-8,11-12H2/t15-,20+,21+/m1/s1. The topological polar surface area (TPSA) is 62.2 Å². The van der Waals surface area contributed by atoms with E-state index in [1.807, 2.05) is 30.3 Å². The number of likely N-dealkylation sites (tertiary alicyclic amines) is 1. The van der Waals surface area contributed by atoms with Gasteiger partial charge in [0.15, 0.2) is 0 Å². The van der Waals surface area contributed by atoms with E-state index in [1.54, 1.807) is 11.0 Å². The number of aliphatic hydroxyl groups is 1. The summed E-state index contributed by atoms with van der Waals surface area (Å²) in [6.45, 7) is 2.40. The summed E-state index contributed by atoms with van der Waals surface area (Å²) in [6.07, 6.45) is 0.622. The fraction of sp³-hybridized carbons (Fsp3) is 0.409. The molecule has 1 amide bonds. The van der Waals surface area contributed by atoms with Gasteiger partial charge in [0, 0.05) is 34.4 Å². The maximum Gasteiger partial charge on any atom is 0.414 e. The number of carbonyl (C=O) groups is 1. The predicted octanol–water partition coefficient (Wildman–Crippen LogP) is 4.06. The molecule has 3 aliphatic rings. The Morgan fingerprint density at radius 3 is 2.60 bits per heavy atom. The molecule has 2 aromatic carbocycles. The average molecular weight is 449 g/mol. The van der Waals surface area contributed by atoms with Gasteiger partial charge in [-0.25, -0.2) is 4.79 Å². The van der Waals surface area contributed by atoms with Crippen LogP contribution < -0.4 is 9.64 Å². The van der Waals surface area contributed by atoms with Crippen molar-refractivity contribution in [2.24, 2.45) is 0 Å². The molecule has 0 aromatic heterocycles. The van der Waals surface area contributed by atoms with Crippen molar-refractivity contribution in [3.8, 4) is 5.75 Å². The molecule has 3 atom stereocenters. The van der Waals surface area contributed by atoms with Crippen LogP contribution in [0.4, 0.5) is 10.5 Å². The van der Waals surface area contributed by atoms with Gasteiger partial charge in [-0.3, -0.25) is 9.80 Å². The number of β-amino-alcohol motifs (C(OH)–C–C–N with tert-alkyl or cyclic N) is 1. The molecular formula is C22H22Cl2N2O4. The van der Waals surface area contributed by atoms with Crippen molar-refractivity contribution < 1.29 is 19.4 Å².